The molecule has 7 heteroatoms. The molecule has 0 aliphatic heterocycles. The Morgan fingerprint density at radius 2 is 1.67 bits per heavy atom. The lowest BCUT2D eigenvalue weighted by Gasteiger charge is -2.65. The van der Waals surface area contributed by atoms with Crippen molar-refractivity contribution < 1.29 is 34.0 Å². The van der Waals surface area contributed by atoms with Gasteiger partial charge in [-0.25, -0.2) is 9.59 Å². The standard InChI is InChI=1S/C36H58O7/c1-8-32(38)42-22-25(37)21-41-26-15-18-35(7)30-16-17-34(6)28(24(5)12-10-11-23(3)4)13-14-29(34)27(30)19-31(36(35,40)20-26)43-33(39)9-2/h8-9,23-31,37,40H,1-2,10-22H2,3-7H3/t24-,25?,26?,27+,28-,29+,30+,31+,34-,35-,36+/m1/s1. The van der Waals surface area contributed by atoms with Gasteiger partial charge in [-0.2, -0.15) is 0 Å². The summed E-state index contributed by atoms with van der Waals surface area (Å²) in [7, 11) is 0. The molecule has 0 aromatic rings. The molecule has 0 spiro atoms. The van der Waals surface area contributed by atoms with E-state index in [1.54, 1.807) is 0 Å². The molecule has 4 aliphatic rings. The second-order valence-corrected chi connectivity index (χ2v) is 15.3. The van der Waals surface area contributed by atoms with Crippen molar-refractivity contribution in [1.82, 2.24) is 0 Å². The van der Waals surface area contributed by atoms with Gasteiger partial charge < -0.3 is 24.4 Å². The van der Waals surface area contributed by atoms with E-state index in [0.29, 0.717) is 36.5 Å². The topological polar surface area (TPSA) is 102 Å². The van der Waals surface area contributed by atoms with Crippen LogP contribution in [0.15, 0.2) is 25.3 Å². The molecule has 4 rings (SSSR count). The van der Waals surface area contributed by atoms with Gasteiger partial charge in [-0.3, -0.25) is 0 Å². The van der Waals surface area contributed by atoms with Crippen molar-refractivity contribution in [2.24, 2.45) is 46.3 Å². The summed E-state index contributed by atoms with van der Waals surface area (Å²) in [6, 6.07) is 0. The summed E-state index contributed by atoms with van der Waals surface area (Å²) < 4.78 is 17.0. The van der Waals surface area contributed by atoms with Crippen molar-refractivity contribution in [1.29, 1.82) is 0 Å². The summed E-state index contributed by atoms with van der Waals surface area (Å²) in [5.74, 6) is 2.41. The van der Waals surface area contributed by atoms with Crippen LogP contribution in [0.3, 0.4) is 0 Å². The van der Waals surface area contributed by atoms with E-state index in [2.05, 4.69) is 47.8 Å². The lowest BCUT2D eigenvalue weighted by Crippen LogP contribution is -2.69. The van der Waals surface area contributed by atoms with Crippen LogP contribution in [0.1, 0.15) is 105 Å². The normalized spacial score (nSPS) is 40.0. The molecular formula is C36H58O7. The molecule has 0 radical (unpaired) electrons. The van der Waals surface area contributed by atoms with Gasteiger partial charge in [0.25, 0.3) is 0 Å². The molecule has 0 bridgehead atoms. The average Bonchev–Trinajstić information content (AvgIpc) is 3.32. The molecule has 4 aliphatic carbocycles. The quantitative estimate of drug-likeness (QED) is 0.186. The molecule has 0 amide bonds. The fraction of sp³-hybridized carbons (Fsp3) is 0.833. The summed E-state index contributed by atoms with van der Waals surface area (Å²) in [6.45, 7) is 18.7. The summed E-state index contributed by atoms with van der Waals surface area (Å²) in [5.41, 5.74) is -1.38. The van der Waals surface area contributed by atoms with Crippen LogP contribution in [0, 0.1) is 46.3 Å². The zero-order chi connectivity index (χ0) is 31.6. The maximum absolute atomic E-state index is 12.6. The number of fused-ring (bicyclic) bond motifs is 5. The Bertz CT molecular complexity index is 1010. The molecule has 2 unspecified atom stereocenters. The van der Waals surface area contributed by atoms with E-state index in [4.69, 9.17) is 14.2 Å². The first-order valence-electron chi connectivity index (χ1n) is 16.9. The van der Waals surface area contributed by atoms with Crippen LogP contribution in [0.4, 0.5) is 0 Å². The highest BCUT2D eigenvalue weighted by Gasteiger charge is 2.68. The molecule has 2 N–H and O–H groups in total. The monoisotopic (exact) mass is 602 g/mol. The zero-order valence-corrected chi connectivity index (χ0v) is 27.4. The molecule has 4 fully saturated rings. The number of hydrogen-bond donors (Lipinski definition) is 2. The van der Waals surface area contributed by atoms with Crippen LogP contribution in [-0.2, 0) is 23.8 Å². The fourth-order valence-corrected chi connectivity index (χ4v) is 10.2. The maximum atomic E-state index is 12.6. The lowest BCUT2D eigenvalue weighted by atomic mass is 9.42. The van der Waals surface area contributed by atoms with Crippen molar-refractivity contribution in [2.45, 2.75) is 129 Å². The highest BCUT2D eigenvalue weighted by Crippen LogP contribution is 2.69. The van der Waals surface area contributed by atoms with Crippen LogP contribution in [0.2, 0.25) is 0 Å². The summed E-state index contributed by atoms with van der Waals surface area (Å²) >= 11 is 0. The van der Waals surface area contributed by atoms with Gasteiger partial charge in [-0.05, 0) is 85.9 Å². The maximum Gasteiger partial charge on any atom is 0.330 e. The highest BCUT2D eigenvalue weighted by atomic mass is 16.6. The lowest BCUT2D eigenvalue weighted by molar-refractivity contribution is -0.273. The molecule has 0 aromatic carbocycles. The molecule has 4 saturated carbocycles. The van der Waals surface area contributed by atoms with Gasteiger partial charge in [0.15, 0.2) is 0 Å². The number of aliphatic hydroxyl groups is 2. The second-order valence-electron chi connectivity index (χ2n) is 15.3. The SMILES string of the molecule is C=CC(=O)OCC(O)COC1CC[C@]2(C)[C@H]3CC[C@]4(C)[C@@H]([C@H](C)CCCC(C)C)CC[C@H]4[C@@H]3C[C@H](OC(=O)C=C)[C@@]2(O)C1. The van der Waals surface area contributed by atoms with E-state index in [9.17, 15) is 19.8 Å². The first-order chi connectivity index (χ1) is 20.3. The minimum Gasteiger partial charge on any atom is -0.460 e. The highest BCUT2D eigenvalue weighted by molar-refractivity contribution is 5.81. The molecule has 0 saturated heterocycles. The van der Waals surface area contributed by atoms with Crippen molar-refractivity contribution in [2.75, 3.05) is 13.2 Å². The zero-order valence-electron chi connectivity index (χ0n) is 27.4. The van der Waals surface area contributed by atoms with Gasteiger partial charge in [0, 0.05) is 24.0 Å². The number of ether oxygens (including phenoxy) is 3. The van der Waals surface area contributed by atoms with Crippen LogP contribution in [0.5, 0.6) is 0 Å². The van der Waals surface area contributed by atoms with E-state index in [0.717, 1.165) is 37.2 Å². The average molecular weight is 603 g/mol. The van der Waals surface area contributed by atoms with Gasteiger partial charge >= 0.3 is 11.9 Å². The number of aliphatic hydroxyl groups excluding tert-OH is 1. The first-order valence-corrected chi connectivity index (χ1v) is 16.9. The number of esters is 2. The number of carbonyl (C=O) groups is 2. The smallest absolute Gasteiger partial charge is 0.330 e. The number of rotatable bonds is 13. The molecule has 11 atom stereocenters. The van der Waals surface area contributed by atoms with Crippen molar-refractivity contribution in [3.8, 4) is 0 Å². The molecule has 7 nitrogen and oxygen atoms in total. The molecular weight excluding hydrogens is 544 g/mol. The molecule has 244 valence electrons. The Hall–Kier alpha value is -1.70. The van der Waals surface area contributed by atoms with Crippen LogP contribution < -0.4 is 0 Å². The third-order valence-corrected chi connectivity index (χ3v) is 12.5. The van der Waals surface area contributed by atoms with Gasteiger partial charge in [-0.1, -0.05) is 67.0 Å². The fourth-order valence-electron chi connectivity index (χ4n) is 10.2. The van der Waals surface area contributed by atoms with Crippen molar-refractivity contribution >= 4 is 11.9 Å². The van der Waals surface area contributed by atoms with E-state index in [-0.39, 0.29) is 24.7 Å². The Kier molecular flexibility index (Phi) is 10.9. The Labute approximate surface area is 259 Å². The van der Waals surface area contributed by atoms with E-state index in [1.165, 1.54) is 44.6 Å². The van der Waals surface area contributed by atoms with Crippen LogP contribution in [0.25, 0.3) is 0 Å². The van der Waals surface area contributed by atoms with Gasteiger partial charge in [0.05, 0.1) is 12.7 Å². The summed E-state index contributed by atoms with van der Waals surface area (Å²) in [6.07, 6.45) is 11.5. The third kappa shape index (κ3) is 6.79. The molecule has 0 aromatic heterocycles. The van der Waals surface area contributed by atoms with Gasteiger partial charge in [-0.15, -0.1) is 0 Å². The molecule has 0 heterocycles. The predicted octanol–water partition coefficient (Wildman–Crippen LogP) is 6.41. The number of hydrogen-bond acceptors (Lipinski definition) is 7. The minimum absolute atomic E-state index is 0.0117. The van der Waals surface area contributed by atoms with E-state index < -0.39 is 35.2 Å². The molecule has 43 heavy (non-hydrogen) atoms. The van der Waals surface area contributed by atoms with Crippen molar-refractivity contribution in [3.05, 3.63) is 25.3 Å². The minimum atomic E-state index is -1.24. The van der Waals surface area contributed by atoms with Gasteiger partial charge in [0.2, 0.25) is 0 Å². The largest absolute Gasteiger partial charge is 0.460 e. The summed E-state index contributed by atoms with van der Waals surface area (Å²) in [5, 5.41) is 22.9. The Morgan fingerprint density at radius 1 is 0.953 bits per heavy atom. The summed E-state index contributed by atoms with van der Waals surface area (Å²) in [4.78, 5) is 24.0. The third-order valence-electron chi connectivity index (χ3n) is 12.5. The van der Waals surface area contributed by atoms with E-state index in [1.807, 2.05) is 0 Å². The van der Waals surface area contributed by atoms with Crippen LogP contribution >= 0.6 is 0 Å². The van der Waals surface area contributed by atoms with E-state index >= 15 is 0 Å². The van der Waals surface area contributed by atoms with Crippen molar-refractivity contribution in [3.63, 3.8) is 0 Å². The second kappa shape index (κ2) is 13.7. The Morgan fingerprint density at radius 3 is 2.35 bits per heavy atom. The number of carbonyl (C=O) groups excluding carboxylic acids is 2. The first kappa shape index (κ1) is 34.2. The predicted molar refractivity (Wildman–Crippen MR) is 167 cm³/mol. The van der Waals surface area contributed by atoms with Crippen LogP contribution in [-0.4, -0.2) is 59.3 Å². The van der Waals surface area contributed by atoms with Gasteiger partial charge in [0.1, 0.15) is 24.4 Å². The Balaban J connectivity index is 1.51.